The van der Waals surface area contributed by atoms with E-state index in [1.807, 2.05) is 7.05 Å². The van der Waals surface area contributed by atoms with Crippen LogP contribution >= 0.6 is 0 Å². The maximum Gasteiger partial charge on any atom is 0.191 e. The van der Waals surface area contributed by atoms with Crippen LogP contribution in [-0.4, -0.2) is 37.3 Å². The normalized spacial score (nSPS) is 29.4. The van der Waals surface area contributed by atoms with Crippen LogP contribution in [0.1, 0.15) is 59.8 Å². The lowest BCUT2D eigenvalue weighted by Gasteiger charge is -2.54. The van der Waals surface area contributed by atoms with Crippen molar-refractivity contribution < 1.29 is 4.74 Å². The van der Waals surface area contributed by atoms with Crippen molar-refractivity contribution in [3.8, 4) is 0 Å². The predicted molar refractivity (Wildman–Crippen MR) is 84.1 cm³/mol. The fourth-order valence-corrected chi connectivity index (χ4v) is 3.77. The van der Waals surface area contributed by atoms with E-state index in [-0.39, 0.29) is 5.54 Å². The Bertz CT molecular complexity index is 353. The first-order valence-corrected chi connectivity index (χ1v) is 8.04. The maximum atomic E-state index is 5.96. The Morgan fingerprint density at radius 1 is 1.30 bits per heavy atom. The molecule has 1 spiro atoms. The molecule has 0 aromatic heterocycles. The molecule has 0 bridgehead atoms. The Morgan fingerprint density at radius 3 is 2.45 bits per heavy atom. The number of guanidine groups is 1. The second-order valence-electron chi connectivity index (χ2n) is 7.26. The van der Waals surface area contributed by atoms with Crippen molar-refractivity contribution in [1.29, 1.82) is 0 Å². The summed E-state index contributed by atoms with van der Waals surface area (Å²) in [4.78, 5) is 4.37. The minimum atomic E-state index is 0.0355. The van der Waals surface area contributed by atoms with Crippen LogP contribution in [0.15, 0.2) is 4.99 Å². The van der Waals surface area contributed by atoms with Crippen molar-refractivity contribution in [2.24, 2.45) is 10.4 Å². The van der Waals surface area contributed by atoms with Gasteiger partial charge in [-0.3, -0.25) is 4.99 Å². The maximum absolute atomic E-state index is 5.96. The number of ether oxygens (including phenoxy) is 1. The Labute approximate surface area is 123 Å². The Balaban J connectivity index is 1.99. The molecule has 2 atom stereocenters. The number of hydrogen-bond acceptors (Lipinski definition) is 2. The van der Waals surface area contributed by atoms with Gasteiger partial charge < -0.3 is 15.4 Å². The van der Waals surface area contributed by atoms with Gasteiger partial charge in [0.25, 0.3) is 0 Å². The molecule has 0 saturated heterocycles. The van der Waals surface area contributed by atoms with Gasteiger partial charge in [0.1, 0.15) is 0 Å². The highest BCUT2D eigenvalue weighted by Gasteiger charge is 2.57. The molecule has 0 aromatic carbocycles. The lowest BCUT2D eigenvalue weighted by Crippen LogP contribution is -2.66. The average molecular weight is 281 g/mol. The standard InChI is InChI=1S/C16H31N3O/c1-6-20-13-11-12(16(13)9-7-8-10-16)18-14(17-5)19-15(2,3)4/h12-13H,6-11H2,1-5H3,(H2,17,18,19). The van der Waals surface area contributed by atoms with E-state index in [9.17, 15) is 0 Å². The highest BCUT2D eigenvalue weighted by molar-refractivity contribution is 5.81. The zero-order valence-corrected chi connectivity index (χ0v) is 13.8. The monoisotopic (exact) mass is 281 g/mol. The third kappa shape index (κ3) is 3.11. The molecule has 2 saturated carbocycles. The van der Waals surface area contributed by atoms with Gasteiger partial charge in [0, 0.05) is 30.7 Å². The van der Waals surface area contributed by atoms with E-state index in [1.165, 1.54) is 25.7 Å². The van der Waals surface area contributed by atoms with E-state index in [0.717, 1.165) is 19.0 Å². The first-order valence-electron chi connectivity index (χ1n) is 8.04. The van der Waals surface area contributed by atoms with Crippen LogP contribution in [0, 0.1) is 5.41 Å². The van der Waals surface area contributed by atoms with E-state index in [4.69, 9.17) is 4.74 Å². The predicted octanol–water partition coefficient (Wildman–Crippen LogP) is 2.69. The molecule has 0 heterocycles. The number of rotatable bonds is 3. The van der Waals surface area contributed by atoms with Gasteiger partial charge in [0.05, 0.1) is 6.10 Å². The van der Waals surface area contributed by atoms with Gasteiger partial charge in [0.2, 0.25) is 0 Å². The summed E-state index contributed by atoms with van der Waals surface area (Å²) in [6.45, 7) is 9.41. The zero-order chi connectivity index (χ0) is 14.8. The minimum Gasteiger partial charge on any atom is -0.378 e. The summed E-state index contributed by atoms with van der Waals surface area (Å²) in [6.07, 6.45) is 6.82. The van der Waals surface area contributed by atoms with Crippen molar-refractivity contribution in [3.05, 3.63) is 0 Å². The fourth-order valence-electron chi connectivity index (χ4n) is 3.77. The number of hydrogen-bond donors (Lipinski definition) is 2. The molecular weight excluding hydrogens is 250 g/mol. The van der Waals surface area contributed by atoms with Crippen molar-refractivity contribution in [3.63, 3.8) is 0 Å². The van der Waals surface area contributed by atoms with E-state index >= 15 is 0 Å². The number of nitrogens with zero attached hydrogens (tertiary/aromatic N) is 1. The van der Waals surface area contributed by atoms with Gasteiger partial charge in [0.15, 0.2) is 5.96 Å². The van der Waals surface area contributed by atoms with Crippen LogP contribution in [0.5, 0.6) is 0 Å². The highest BCUT2D eigenvalue weighted by Crippen LogP contribution is 2.54. The lowest BCUT2D eigenvalue weighted by molar-refractivity contribution is -0.125. The summed E-state index contributed by atoms with van der Waals surface area (Å²) in [6, 6.07) is 0.509. The molecule has 2 N–H and O–H groups in total. The lowest BCUT2D eigenvalue weighted by atomic mass is 9.60. The van der Waals surface area contributed by atoms with E-state index in [0.29, 0.717) is 17.6 Å². The third-order valence-electron chi connectivity index (χ3n) is 4.72. The Kier molecular flexibility index (Phi) is 4.62. The second-order valence-corrected chi connectivity index (χ2v) is 7.26. The molecule has 2 rings (SSSR count). The molecule has 116 valence electrons. The highest BCUT2D eigenvalue weighted by atomic mass is 16.5. The van der Waals surface area contributed by atoms with E-state index in [2.05, 4.69) is 43.3 Å². The minimum absolute atomic E-state index is 0.0355. The SMILES string of the molecule is CCOC1CC(NC(=NC)NC(C)(C)C)C12CCCC2. The molecule has 2 unspecified atom stereocenters. The van der Waals surface area contributed by atoms with Crippen molar-refractivity contribution >= 4 is 5.96 Å². The molecule has 2 fully saturated rings. The smallest absolute Gasteiger partial charge is 0.191 e. The molecular formula is C16H31N3O. The quantitative estimate of drug-likeness (QED) is 0.617. The summed E-state index contributed by atoms with van der Waals surface area (Å²) in [5.41, 5.74) is 0.388. The van der Waals surface area contributed by atoms with E-state index < -0.39 is 0 Å². The van der Waals surface area contributed by atoms with Crippen LogP contribution < -0.4 is 10.6 Å². The van der Waals surface area contributed by atoms with Crippen molar-refractivity contribution in [2.45, 2.75) is 77.5 Å². The Hall–Kier alpha value is -0.770. The molecule has 4 nitrogen and oxygen atoms in total. The topological polar surface area (TPSA) is 45.6 Å². The number of aliphatic imine (C=N–C) groups is 1. The van der Waals surface area contributed by atoms with Crippen molar-refractivity contribution in [1.82, 2.24) is 10.6 Å². The van der Waals surface area contributed by atoms with E-state index in [1.54, 1.807) is 0 Å². The van der Waals surface area contributed by atoms with Gasteiger partial charge in [-0.2, -0.15) is 0 Å². The zero-order valence-electron chi connectivity index (χ0n) is 13.8. The average Bonchev–Trinajstić information content (AvgIpc) is 2.87. The summed E-state index contributed by atoms with van der Waals surface area (Å²) in [7, 11) is 1.85. The van der Waals surface area contributed by atoms with Gasteiger partial charge in [-0.15, -0.1) is 0 Å². The van der Waals surface area contributed by atoms with Gasteiger partial charge >= 0.3 is 0 Å². The molecule has 2 aliphatic rings. The summed E-state index contributed by atoms with van der Waals surface area (Å²) in [5, 5.41) is 7.10. The van der Waals surface area contributed by atoms with Gasteiger partial charge in [-0.05, 0) is 47.0 Å². The fraction of sp³-hybridized carbons (Fsp3) is 0.938. The largest absolute Gasteiger partial charge is 0.378 e. The summed E-state index contributed by atoms with van der Waals surface area (Å²) < 4.78 is 5.96. The molecule has 4 heteroatoms. The summed E-state index contributed by atoms with van der Waals surface area (Å²) >= 11 is 0. The van der Waals surface area contributed by atoms with Crippen LogP contribution in [0.3, 0.4) is 0 Å². The number of nitrogens with one attached hydrogen (secondary N) is 2. The van der Waals surface area contributed by atoms with Crippen molar-refractivity contribution in [2.75, 3.05) is 13.7 Å². The van der Waals surface area contributed by atoms with Gasteiger partial charge in [-0.25, -0.2) is 0 Å². The molecule has 0 amide bonds. The van der Waals surface area contributed by atoms with Crippen LogP contribution in [-0.2, 0) is 4.74 Å². The second kappa shape index (κ2) is 5.92. The molecule has 0 aliphatic heterocycles. The van der Waals surface area contributed by atoms with Crippen LogP contribution in [0.25, 0.3) is 0 Å². The van der Waals surface area contributed by atoms with Gasteiger partial charge in [-0.1, -0.05) is 12.8 Å². The third-order valence-corrected chi connectivity index (χ3v) is 4.72. The molecule has 0 aromatic rings. The van der Waals surface area contributed by atoms with Crippen LogP contribution in [0.2, 0.25) is 0 Å². The Morgan fingerprint density at radius 2 is 1.95 bits per heavy atom. The first kappa shape index (κ1) is 15.6. The first-order chi connectivity index (χ1) is 9.41. The van der Waals surface area contributed by atoms with Crippen LogP contribution in [0.4, 0.5) is 0 Å². The summed E-state index contributed by atoms with van der Waals surface area (Å²) in [5.74, 6) is 0.920. The molecule has 2 aliphatic carbocycles. The molecule has 20 heavy (non-hydrogen) atoms. The molecule has 0 radical (unpaired) electrons.